The molecule has 0 spiro atoms. The van der Waals surface area contributed by atoms with Crippen LogP contribution >= 0.6 is 12.2 Å². The Morgan fingerprint density at radius 2 is 2.36 bits per heavy atom. The second-order valence-corrected chi connectivity index (χ2v) is 3.33. The summed E-state index contributed by atoms with van der Waals surface area (Å²) in [7, 11) is 3.71. The number of aromatic nitrogens is 2. The lowest BCUT2D eigenvalue weighted by Crippen LogP contribution is -2.31. The summed E-state index contributed by atoms with van der Waals surface area (Å²) in [6.07, 6.45) is 3.43. The van der Waals surface area contributed by atoms with Crippen molar-refractivity contribution < 1.29 is 0 Å². The first-order valence-electron chi connectivity index (χ1n) is 4.12. The number of rotatable bonds is 2. The molecule has 2 N–H and O–H groups in total. The minimum Gasteiger partial charge on any atom is -0.354 e. The standard InChI is InChI=1S/C8H13N5S/c1-6(7-9-4-5-10-7)11-12-8(14)13(2)3/h4-5H,1-3H3,(H,9,10)(H,12,14)/b11-6+. The van der Waals surface area contributed by atoms with Crippen molar-refractivity contribution in [3.8, 4) is 0 Å². The summed E-state index contributed by atoms with van der Waals surface area (Å²) in [6.45, 7) is 1.85. The highest BCUT2D eigenvalue weighted by Gasteiger charge is 2.00. The van der Waals surface area contributed by atoms with Gasteiger partial charge < -0.3 is 9.88 Å². The Labute approximate surface area is 88.2 Å². The SMILES string of the molecule is C/C(=N\NC(=S)N(C)C)c1ncc[nH]1. The van der Waals surface area contributed by atoms with Crippen LogP contribution in [0, 0.1) is 0 Å². The molecule has 0 unspecified atom stereocenters. The summed E-state index contributed by atoms with van der Waals surface area (Å²) in [5.41, 5.74) is 3.52. The van der Waals surface area contributed by atoms with Crippen LogP contribution in [0.2, 0.25) is 0 Å². The maximum atomic E-state index is 5.00. The Balaban J connectivity index is 2.58. The zero-order chi connectivity index (χ0) is 10.6. The zero-order valence-electron chi connectivity index (χ0n) is 8.40. The molecule has 1 rings (SSSR count). The molecule has 0 radical (unpaired) electrons. The van der Waals surface area contributed by atoms with Crippen molar-refractivity contribution in [2.45, 2.75) is 6.92 Å². The van der Waals surface area contributed by atoms with Gasteiger partial charge in [0.25, 0.3) is 0 Å². The van der Waals surface area contributed by atoms with Crippen molar-refractivity contribution in [1.29, 1.82) is 0 Å². The van der Waals surface area contributed by atoms with Gasteiger partial charge in [0.1, 0.15) is 5.71 Å². The van der Waals surface area contributed by atoms with E-state index in [2.05, 4.69) is 20.5 Å². The quantitative estimate of drug-likeness (QED) is 0.426. The molecule has 0 bridgehead atoms. The molecular formula is C8H13N5S. The Kier molecular flexibility index (Phi) is 3.58. The molecule has 76 valence electrons. The van der Waals surface area contributed by atoms with Crippen molar-refractivity contribution in [1.82, 2.24) is 20.3 Å². The second kappa shape index (κ2) is 4.71. The Morgan fingerprint density at radius 3 is 2.86 bits per heavy atom. The zero-order valence-corrected chi connectivity index (χ0v) is 9.22. The molecule has 0 saturated heterocycles. The van der Waals surface area contributed by atoms with E-state index < -0.39 is 0 Å². The highest BCUT2D eigenvalue weighted by molar-refractivity contribution is 7.80. The molecule has 1 aromatic rings. The van der Waals surface area contributed by atoms with E-state index in [0.717, 1.165) is 11.5 Å². The summed E-state index contributed by atoms with van der Waals surface area (Å²) in [6, 6.07) is 0. The van der Waals surface area contributed by atoms with E-state index in [1.165, 1.54) is 0 Å². The third-order valence-corrected chi connectivity index (χ3v) is 2.02. The van der Waals surface area contributed by atoms with Gasteiger partial charge in [-0.2, -0.15) is 5.10 Å². The Bertz CT molecular complexity index is 328. The van der Waals surface area contributed by atoms with Crippen LogP contribution in [0.15, 0.2) is 17.5 Å². The molecule has 0 aliphatic heterocycles. The van der Waals surface area contributed by atoms with Crippen LogP contribution in [-0.2, 0) is 0 Å². The fraction of sp³-hybridized carbons (Fsp3) is 0.375. The van der Waals surface area contributed by atoms with E-state index >= 15 is 0 Å². The molecule has 0 aliphatic carbocycles. The van der Waals surface area contributed by atoms with Crippen molar-refractivity contribution in [2.75, 3.05) is 14.1 Å². The minimum absolute atomic E-state index is 0.566. The summed E-state index contributed by atoms with van der Waals surface area (Å²) in [5, 5.41) is 4.64. The third kappa shape index (κ3) is 2.81. The number of nitrogens with one attached hydrogen (secondary N) is 2. The summed E-state index contributed by atoms with van der Waals surface area (Å²) in [5.74, 6) is 0.735. The maximum absolute atomic E-state index is 5.00. The number of aromatic amines is 1. The summed E-state index contributed by atoms with van der Waals surface area (Å²) in [4.78, 5) is 8.78. The van der Waals surface area contributed by atoms with E-state index in [1.54, 1.807) is 17.3 Å². The van der Waals surface area contributed by atoms with Crippen LogP contribution in [0.1, 0.15) is 12.7 Å². The van der Waals surface area contributed by atoms with Gasteiger partial charge in [-0.15, -0.1) is 0 Å². The number of imidazole rings is 1. The highest BCUT2D eigenvalue weighted by atomic mass is 32.1. The number of H-pyrrole nitrogens is 1. The molecule has 0 aromatic carbocycles. The van der Waals surface area contributed by atoms with Crippen LogP contribution in [0.5, 0.6) is 0 Å². The molecule has 0 amide bonds. The predicted octanol–water partition coefficient (Wildman–Crippen LogP) is 0.570. The number of hydrogen-bond acceptors (Lipinski definition) is 3. The van der Waals surface area contributed by atoms with Crippen LogP contribution in [0.4, 0.5) is 0 Å². The molecule has 1 aromatic heterocycles. The molecule has 0 fully saturated rings. The van der Waals surface area contributed by atoms with Gasteiger partial charge >= 0.3 is 0 Å². The first-order valence-corrected chi connectivity index (χ1v) is 4.53. The van der Waals surface area contributed by atoms with Crippen molar-refractivity contribution >= 4 is 23.0 Å². The first-order chi connectivity index (χ1) is 6.61. The van der Waals surface area contributed by atoms with Gasteiger partial charge in [0.05, 0.1) is 0 Å². The van der Waals surface area contributed by atoms with E-state index in [-0.39, 0.29) is 0 Å². The fourth-order valence-corrected chi connectivity index (χ4v) is 0.793. The summed E-state index contributed by atoms with van der Waals surface area (Å²) < 4.78 is 0. The Hall–Kier alpha value is -1.43. The van der Waals surface area contributed by atoms with Crippen molar-refractivity contribution in [3.05, 3.63) is 18.2 Å². The molecule has 0 aliphatic rings. The topological polar surface area (TPSA) is 56.3 Å². The predicted molar refractivity (Wildman–Crippen MR) is 60.2 cm³/mol. The summed E-state index contributed by atoms with van der Waals surface area (Å²) >= 11 is 5.00. The van der Waals surface area contributed by atoms with E-state index in [4.69, 9.17) is 12.2 Å². The van der Waals surface area contributed by atoms with E-state index in [1.807, 2.05) is 21.0 Å². The Morgan fingerprint density at radius 1 is 1.64 bits per heavy atom. The van der Waals surface area contributed by atoms with Crippen molar-refractivity contribution in [2.24, 2.45) is 5.10 Å². The van der Waals surface area contributed by atoms with Gasteiger partial charge in [-0.25, -0.2) is 4.98 Å². The van der Waals surface area contributed by atoms with Gasteiger partial charge in [0.2, 0.25) is 0 Å². The van der Waals surface area contributed by atoms with Gasteiger partial charge in [0, 0.05) is 26.5 Å². The molecule has 14 heavy (non-hydrogen) atoms. The molecule has 0 atom stereocenters. The van der Waals surface area contributed by atoms with Gasteiger partial charge in [-0.3, -0.25) is 5.43 Å². The largest absolute Gasteiger partial charge is 0.354 e. The lowest BCUT2D eigenvalue weighted by atomic mass is 10.4. The second-order valence-electron chi connectivity index (χ2n) is 2.95. The smallest absolute Gasteiger partial charge is 0.189 e. The van der Waals surface area contributed by atoms with Gasteiger partial charge in [-0.05, 0) is 19.1 Å². The van der Waals surface area contributed by atoms with E-state index in [0.29, 0.717) is 5.11 Å². The van der Waals surface area contributed by atoms with Crippen LogP contribution in [0.3, 0.4) is 0 Å². The number of thiocarbonyl (C=S) groups is 1. The first kappa shape index (κ1) is 10.6. The van der Waals surface area contributed by atoms with Crippen LogP contribution < -0.4 is 5.43 Å². The molecule has 6 heteroatoms. The lowest BCUT2D eigenvalue weighted by molar-refractivity contribution is 0.606. The fourth-order valence-electron chi connectivity index (χ4n) is 0.748. The van der Waals surface area contributed by atoms with Crippen LogP contribution in [-0.4, -0.2) is 39.8 Å². The average molecular weight is 211 g/mol. The number of hydrogen-bond donors (Lipinski definition) is 2. The van der Waals surface area contributed by atoms with E-state index in [9.17, 15) is 0 Å². The van der Waals surface area contributed by atoms with Crippen molar-refractivity contribution in [3.63, 3.8) is 0 Å². The number of hydrazone groups is 1. The number of nitrogens with zero attached hydrogens (tertiary/aromatic N) is 3. The normalized spacial score (nSPS) is 11.2. The maximum Gasteiger partial charge on any atom is 0.189 e. The molecule has 1 heterocycles. The van der Waals surface area contributed by atoms with Gasteiger partial charge in [0.15, 0.2) is 10.9 Å². The average Bonchev–Trinajstić information content (AvgIpc) is 2.66. The molecular weight excluding hydrogens is 198 g/mol. The molecule has 0 saturated carbocycles. The van der Waals surface area contributed by atoms with Crippen LogP contribution in [0.25, 0.3) is 0 Å². The monoisotopic (exact) mass is 211 g/mol. The minimum atomic E-state index is 0.566. The lowest BCUT2D eigenvalue weighted by Gasteiger charge is -2.12. The molecule has 5 nitrogen and oxygen atoms in total. The third-order valence-electron chi connectivity index (χ3n) is 1.57. The highest BCUT2D eigenvalue weighted by Crippen LogP contribution is 1.91. The van der Waals surface area contributed by atoms with Gasteiger partial charge in [-0.1, -0.05) is 0 Å².